The molecule has 0 aliphatic heterocycles. The topological polar surface area (TPSA) is 104 Å². The number of nitrogens with zero attached hydrogens (tertiary/aromatic N) is 1. The molecule has 4 fully saturated rings. The molecule has 210 valence electrons. The summed E-state index contributed by atoms with van der Waals surface area (Å²) in [5.74, 6) is 0.0461. The normalized spacial score (nSPS) is 47.5. The van der Waals surface area contributed by atoms with Gasteiger partial charge in [-0.15, -0.1) is 0 Å². The summed E-state index contributed by atoms with van der Waals surface area (Å²) in [6, 6.07) is 2.19. The fourth-order valence-corrected chi connectivity index (χ4v) is 12.0. The van der Waals surface area contributed by atoms with E-state index in [2.05, 4.69) is 45.4 Å². The van der Waals surface area contributed by atoms with Crippen molar-refractivity contribution < 1.29 is 18.0 Å². The van der Waals surface area contributed by atoms with Crippen LogP contribution in [-0.2, 0) is 19.6 Å². The Balaban J connectivity index is 1.64. The Morgan fingerprint density at radius 2 is 1.55 bits per heavy atom. The lowest BCUT2D eigenvalue weighted by atomic mass is 9.32. The number of rotatable bonds is 2. The molecule has 1 N–H and O–H groups in total. The number of nitrogens with one attached hydrogen (secondary N) is 1. The quantitative estimate of drug-likeness (QED) is 0.490. The average molecular weight is 543 g/mol. The van der Waals surface area contributed by atoms with Gasteiger partial charge in [0.1, 0.15) is 11.9 Å². The zero-order valence-electron chi connectivity index (χ0n) is 24.5. The molecule has 0 aromatic carbocycles. The first kappa shape index (κ1) is 28.0. The second-order valence-corrected chi connectivity index (χ2v) is 17.5. The second kappa shape index (κ2) is 8.03. The molecule has 8 atom stereocenters. The molecule has 8 unspecified atom stereocenters. The van der Waals surface area contributed by atoms with Gasteiger partial charge in [0.05, 0.1) is 11.8 Å². The summed E-state index contributed by atoms with van der Waals surface area (Å²) >= 11 is 0. The first-order valence-electron chi connectivity index (χ1n) is 14.5. The zero-order valence-corrected chi connectivity index (χ0v) is 25.3. The first-order valence-corrected chi connectivity index (χ1v) is 16.4. The van der Waals surface area contributed by atoms with E-state index in [1.807, 2.05) is 19.9 Å². The van der Waals surface area contributed by atoms with Crippen LogP contribution in [0.5, 0.6) is 0 Å². The van der Waals surface area contributed by atoms with Crippen molar-refractivity contribution >= 4 is 21.6 Å². The molecule has 0 bridgehead atoms. The third-order valence-electron chi connectivity index (χ3n) is 12.9. The second-order valence-electron chi connectivity index (χ2n) is 15.7. The van der Waals surface area contributed by atoms with Gasteiger partial charge >= 0.3 is 0 Å². The van der Waals surface area contributed by atoms with Crippen molar-refractivity contribution in [1.82, 2.24) is 4.72 Å². The van der Waals surface area contributed by atoms with Gasteiger partial charge in [-0.25, -0.2) is 13.1 Å². The molecule has 5 aliphatic rings. The highest BCUT2D eigenvalue weighted by molar-refractivity contribution is 7.88. The molecule has 0 amide bonds. The van der Waals surface area contributed by atoms with Crippen molar-refractivity contribution in [1.29, 1.82) is 5.26 Å². The van der Waals surface area contributed by atoms with Crippen LogP contribution in [0.4, 0.5) is 0 Å². The summed E-state index contributed by atoms with van der Waals surface area (Å²) in [6.45, 7) is 15.3. The van der Waals surface area contributed by atoms with Crippen LogP contribution in [0.2, 0.25) is 0 Å². The predicted octanol–water partition coefficient (Wildman–Crippen LogP) is 5.59. The maximum Gasteiger partial charge on any atom is 0.209 e. The fourth-order valence-electron chi connectivity index (χ4n) is 10.9. The van der Waals surface area contributed by atoms with Gasteiger partial charge in [0, 0.05) is 23.3 Å². The van der Waals surface area contributed by atoms with Crippen molar-refractivity contribution in [2.45, 2.75) is 105 Å². The van der Waals surface area contributed by atoms with Crippen molar-refractivity contribution in [3.8, 4) is 6.07 Å². The molecule has 5 rings (SSSR count). The van der Waals surface area contributed by atoms with Crippen molar-refractivity contribution in [2.75, 3.05) is 6.26 Å². The van der Waals surface area contributed by atoms with Gasteiger partial charge in [-0.2, -0.15) is 5.26 Å². The summed E-state index contributed by atoms with van der Waals surface area (Å²) in [5, 5.41) is 9.89. The number of ketones is 2. The SMILES string of the molecule is CC1(C)CCC2(NS(C)(=O)=O)CCC3(C)C(C(=O)CC4C5(C)C=C(C#N)C(=O)C(C)(C)C5CCC43C)C2C1. The lowest BCUT2D eigenvalue weighted by Gasteiger charge is -2.72. The van der Waals surface area contributed by atoms with Crippen molar-refractivity contribution in [2.24, 2.45) is 50.7 Å². The van der Waals surface area contributed by atoms with Gasteiger partial charge in [0.15, 0.2) is 5.78 Å². The van der Waals surface area contributed by atoms with Crippen LogP contribution in [0.15, 0.2) is 11.6 Å². The summed E-state index contributed by atoms with van der Waals surface area (Å²) in [7, 11) is -3.44. The highest BCUT2D eigenvalue weighted by atomic mass is 32.2. The molecule has 0 heterocycles. The van der Waals surface area contributed by atoms with E-state index in [9.17, 15) is 23.3 Å². The lowest BCUT2D eigenvalue weighted by Crippen LogP contribution is -2.72. The van der Waals surface area contributed by atoms with Crippen LogP contribution >= 0.6 is 0 Å². The van der Waals surface area contributed by atoms with Gasteiger partial charge in [-0.3, -0.25) is 9.59 Å². The van der Waals surface area contributed by atoms with Crippen molar-refractivity contribution in [3.05, 3.63) is 11.6 Å². The Morgan fingerprint density at radius 1 is 0.921 bits per heavy atom. The predicted molar refractivity (Wildman–Crippen MR) is 147 cm³/mol. The van der Waals surface area contributed by atoms with E-state index in [0.29, 0.717) is 6.42 Å². The van der Waals surface area contributed by atoms with Gasteiger partial charge < -0.3 is 0 Å². The average Bonchev–Trinajstić information content (AvgIpc) is 2.78. The molecule has 4 saturated carbocycles. The van der Waals surface area contributed by atoms with Gasteiger partial charge in [0.25, 0.3) is 0 Å². The highest BCUT2D eigenvalue weighted by Gasteiger charge is 2.72. The van der Waals surface area contributed by atoms with E-state index in [1.54, 1.807) is 0 Å². The monoisotopic (exact) mass is 542 g/mol. The van der Waals surface area contributed by atoms with Crippen LogP contribution in [0.1, 0.15) is 99.8 Å². The minimum Gasteiger partial charge on any atom is -0.299 e. The summed E-state index contributed by atoms with van der Waals surface area (Å²) < 4.78 is 28.3. The fraction of sp³-hybridized carbons (Fsp3) is 0.839. The molecule has 0 saturated heterocycles. The maximum absolute atomic E-state index is 14.5. The number of carbonyl (C=O) groups is 2. The molecule has 0 spiro atoms. The smallest absolute Gasteiger partial charge is 0.209 e. The molecule has 0 aromatic rings. The van der Waals surface area contributed by atoms with Crippen LogP contribution in [0, 0.1) is 62.1 Å². The molecular weight excluding hydrogens is 496 g/mol. The Kier molecular flexibility index (Phi) is 5.92. The minimum absolute atomic E-state index is 0.0326. The number of Topliss-reactive ketones (excluding diaryl/α,β-unsaturated/α-hetero) is 2. The number of sulfonamides is 1. The van der Waals surface area contributed by atoms with E-state index in [1.165, 1.54) is 6.26 Å². The molecule has 0 aromatic heterocycles. The number of hydrogen-bond acceptors (Lipinski definition) is 5. The van der Waals surface area contributed by atoms with E-state index < -0.39 is 26.4 Å². The number of nitriles is 1. The largest absolute Gasteiger partial charge is 0.299 e. The van der Waals surface area contributed by atoms with E-state index in [0.717, 1.165) is 44.9 Å². The Hall–Kier alpha value is -1.52. The van der Waals surface area contributed by atoms with Crippen LogP contribution in [0.25, 0.3) is 0 Å². The summed E-state index contributed by atoms with van der Waals surface area (Å²) in [5.41, 5.74) is -1.80. The van der Waals surface area contributed by atoms with E-state index in [-0.39, 0.29) is 57.1 Å². The third-order valence-corrected chi connectivity index (χ3v) is 13.6. The standard InChI is InChI=1S/C31H46N2O4S/c1-26(2)11-13-31(33-38(8,36)37)14-12-30(7)24(20(31)17-26)21(34)15-23-28(5)16-19(18-32)25(35)27(3,4)22(28)9-10-29(23,30)6/h16,20,22-24,33H,9-15,17H2,1-8H3. The first-order chi connectivity index (χ1) is 17.3. The number of allylic oxidation sites excluding steroid dienone is 2. The maximum atomic E-state index is 14.5. The van der Waals surface area contributed by atoms with Gasteiger partial charge in [0.2, 0.25) is 10.0 Å². The Bertz CT molecular complexity index is 1270. The van der Waals surface area contributed by atoms with Crippen molar-refractivity contribution in [3.63, 3.8) is 0 Å². The number of carbonyl (C=O) groups excluding carboxylic acids is 2. The molecule has 0 radical (unpaired) electrons. The highest BCUT2D eigenvalue weighted by Crippen LogP contribution is 2.74. The Labute approximate surface area is 229 Å². The molecule has 6 nitrogen and oxygen atoms in total. The number of fused-ring (bicyclic) bond motifs is 7. The lowest BCUT2D eigenvalue weighted by molar-refractivity contribution is -0.214. The van der Waals surface area contributed by atoms with Gasteiger partial charge in [-0.1, -0.05) is 54.5 Å². The van der Waals surface area contributed by atoms with Crippen LogP contribution in [-0.4, -0.2) is 31.8 Å². The Morgan fingerprint density at radius 3 is 2.16 bits per heavy atom. The number of hydrogen-bond donors (Lipinski definition) is 1. The molecule has 38 heavy (non-hydrogen) atoms. The van der Waals surface area contributed by atoms with E-state index >= 15 is 0 Å². The molecule has 5 aliphatic carbocycles. The van der Waals surface area contributed by atoms with Crippen LogP contribution in [0.3, 0.4) is 0 Å². The van der Waals surface area contributed by atoms with Gasteiger partial charge in [-0.05, 0) is 84.4 Å². The summed E-state index contributed by atoms with van der Waals surface area (Å²) in [4.78, 5) is 27.7. The minimum atomic E-state index is -3.44. The third kappa shape index (κ3) is 3.61. The van der Waals surface area contributed by atoms with Crippen LogP contribution < -0.4 is 4.72 Å². The molecular formula is C31H46N2O4S. The molecule has 7 heteroatoms. The van der Waals surface area contributed by atoms with E-state index in [4.69, 9.17) is 0 Å². The summed E-state index contributed by atoms with van der Waals surface area (Å²) in [6.07, 6.45) is 9.52. The zero-order chi connectivity index (χ0) is 28.3.